The molecule has 1 aromatic heterocycles. The van der Waals surface area contributed by atoms with E-state index in [1.807, 2.05) is 0 Å². The largest absolute Gasteiger partial charge is 0.478 e. The van der Waals surface area contributed by atoms with Crippen LogP contribution >= 0.6 is 0 Å². The van der Waals surface area contributed by atoms with Crippen LogP contribution in [0.15, 0.2) is 76.8 Å². The van der Waals surface area contributed by atoms with Crippen LogP contribution in [0.4, 0.5) is 4.39 Å². The number of nitrogens with zero attached hydrogens (tertiary/aromatic N) is 1. The normalized spacial score (nSPS) is 11.6. The first-order chi connectivity index (χ1) is 12.9. The lowest BCUT2D eigenvalue weighted by Crippen LogP contribution is -2.11. The van der Waals surface area contributed by atoms with Gasteiger partial charge in [0.25, 0.3) is 0 Å². The van der Waals surface area contributed by atoms with Crippen molar-refractivity contribution in [3.8, 4) is 0 Å². The first-order valence-electron chi connectivity index (χ1n) is 7.85. The van der Waals surface area contributed by atoms with Crippen LogP contribution in [0.5, 0.6) is 0 Å². The molecule has 5 nitrogen and oxygen atoms in total. The van der Waals surface area contributed by atoms with E-state index >= 15 is 0 Å². The van der Waals surface area contributed by atoms with Crippen molar-refractivity contribution in [3.05, 3.63) is 89.4 Å². The molecule has 0 amide bonds. The number of carbonyl (C=O) groups is 1. The second-order valence-corrected chi connectivity index (χ2v) is 7.48. The molecule has 3 aromatic rings. The van der Waals surface area contributed by atoms with E-state index in [4.69, 9.17) is 0 Å². The van der Waals surface area contributed by atoms with Gasteiger partial charge in [0, 0.05) is 6.20 Å². The fraction of sp³-hybridized carbons (Fsp3) is 0. The lowest BCUT2D eigenvalue weighted by molar-refractivity contribution is 0.0691. The number of carboxylic acid groups (broad SMARTS) is 1. The quantitative estimate of drug-likeness (QED) is 0.675. The Morgan fingerprint density at radius 2 is 1.48 bits per heavy atom. The minimum absolute atomic E-state index is 0.0531. The van der Waals surface area contributed by atoms with E-state index in [0.29, 0.717) is 0 Å². The molecule has 0 radical (unpaired) electrons. The summed E-state index contributed by atoms with van der Waals surface area (Å²) < 4.78 is 38.3. The van der Waals surface area contributed by atoms with Gasteiger partial charge in [-0.1, -0.05) is 36.4 Å². The molecule has 7 heteroatoms. The van der Waals surface area contributed by atoms with Crippen LogP contribution in [0.3, 0.4) is 0 Å². The number of benzene rings is 2. The van der Waals surface area contributed by atoms with Gasteiger partial charge >= 0.3 is 5.97 Å². The maximum Gasteiger partial charge on any atom is 0.338 e. The molecule has 0 aliphatic carbocycles. The number of aromatic nitrogens is 1. The summed E-state index contributed by atoms with van der Waals surface area (Å²) in [4.78, 5) is 14.9. The molecule has 0 unspecified atom stereocenters. The number of hydrogen-bond acceptors (Lipinski definition) is 4. The predicted octanol–water partition coefficient (Wildman–Crippen LogP) is 3.92. The van der Waals surface area contributed by atoms with E-state index in [1.54, 1.807) is 36.4 Å². The number of halogens is 1. The van der Waals surface area contributed by atoms with E-state index in [-0.39, 0.29) is 16.3 Å². The van der Waals surface area contributed by atoms with Gasteiger partial charge < -0.3 is 5.11 Å². The van der Waals surface area contributed by atoms with Crippen LogP contribution in [-0.4, -0.2) is 24.5 Å². The second kappa shape index (κ2) is 7.51. The van der Waals surface area contributed by atoms with Crippen LogP contribution in [0.25, 0.3) is 12.2 Å². The van der Waals surface area contributed by atoms with Crippen molar-refractivity contribution in [1.29, 1.82) is 0 Å². The zero-order valence-corrected chi connectivity index (χ0v) is 14.7. The molecule has 0 saturated carbocycles. The van der Waals surface area contributed by atoms with Crippen LogP contribution in [0.1, 0.15) is 21.5 Å². The summed E-state index contributed by atoms with van der Waals surface area (Å²) in [6.07, 6.45) is 4.76. The van der Waals surface area contributed by atoms with Crippen LogP contribution in [-0.2, 0) is 9.84 Å². The highest BCUT2D eigenvalue weighted by atomic mass is 32.2. The lowest BCUT2D eigenvalue weighted by atomic mass is 10.1. The minimum atomic E-state index is -4.06. The first kappa shape index (κ1) is 18.5. The third kappa shape index (κ3) is 4.09. The van der Waals surface area contributed by atoms with Gasteiger partial charge in [0.2, 0.25) is 9.84 Å². The molecule has 2 aromatic carbocycles. The smallest absolute Gasteiger partial charge is 0.338 e. The van der Waals surface area contributed by atoms with Crippen molar-refractivity contribution < 1.29 is 22.7 Å². The molecule has 1 N–H and O–H groups in total. The number of hydrogen-bond donors (Lipinski definition) is 1. The fourth-order valence-corrected chi connectivity index (χ4v) is 3.77. The van der Waals surface area contributed by atoms with Crippen molar-refractivity contribution in [2.45, 2.75) is 9.92 Å². The zero-order chi connectivity index (χ0) is 19.4. The average molecular weight is 383 g/mol. The molecular formula is C20H14FNO4S. The van der Waals surface area contributed by atoms with Crippen molar-refractivity contribution >= 4 is 28.0 Å². The molecule has 0 fully saturated rings. The summed E-state index contributed by atoms with van der Waals surface area (Å²) in [7, 11) is -4.06. The molecule has 1 heterocycles. The first-order valence-corrected chi connectivity index (χ1v) is 9.33. The molecule has 27 heavy (non-hydrogen) atoms. The molecule has 0 aliphatic rings. The predicted molar refractivity (Wildman–Crippen MR) is 98.4 cm³/mol. The minimum Gasteiger partial charge on any atom is -0.478 e. The van der Waals surface area contributed by atoms with Crippen LogP contribution < -0.4 is 0 Å². The maximum atomic E-state index is 12.9. The highest BCUT2D eigenvalue weighted by molar-refractivity contribution is 7.91. The van der Waals surface area contributed by atoms with Gasteiger partial charge in [0.05, 0.1) is 10.5 Å². The summed E-state index contributed by atoms with van der Waals surface area (Å²) in [5, 5.41) is 8.68. The summed E-state index contributed by atoms with van der Waals surface area (Å²) in [6, 6.07) is 14.5. The van der Waals surface area contributed by atoms with E-state index in [2.05, 4.69) is 4.98 Å². The Labute approximate surface area is 155 Å². The monoisotopic (exact) mass is 383 g/mol. The SMILES string of the molecule is O=C(O)c1cccnc1S(=O)(=O)c1ccc(/C=C/c2ccc(F)cc2)cc1. The number of pyridine rings is 1. The molecule has 0 atom stereocenters. The Balaban J connectivity index is 1.89. The van der Waals surface area contributed by atoms with Gasteiger partial charge in [-0.2, -0.15) is 0 Å². The van der Waals surface area contributed by atoms with E-state index in [9.17, 15) is 22.7 Å². The third-order valence-corrected chi connectivity index (χ3v) is 5.51. The van der Waals surface area contributed by atoms with Crippen molar-refractivity contribution in [2.24, 2.45) is 0 Å². The van der Waals surface area contributed by atoms with Crippen LogP contribution in [0.2, 0.25) is 0 Å². The zero-order valence-electron chi connectivity index (χ0n) is 13.9. The van der Waals surface area contributed by atoms with Crippen molar-refractivity contribution in [3.63, 3.8) is 0 Å². The van der Waals surface area contributed by atoms with Gasteiger partial charge in [-0.15, -0.1) is 0 Å². The molecule has 0 spiro atoms. The van der Waals surface area contributed by atoms with Crippen molar-refractivity contribution in [1.82, 2.24) is 4.98 Å². The Morgan fingerprint density at radius 3 is 2.04 bits per heavy atom. The second-order valence-electron chi connectivity index (χ2n) is 5.62. The van der Waals surface area contributed by atoms with E-state index in [0.717, 1.165) is 11.1 Å². The fourth-order valence-electron chi connectivity index (χ4n) is 2.40. The highest BCUT2D eigenvalue weighted by Crippen LogP contribution is 2.23. The third-order valence-electron chi connectivity index (χ3n) is 3.78. The van der Waals surface area contributed by atoms with E-state index in [1.165, 1.54) is 42.6 Å². The van der Waals surface area contributed by atoms with Gasteiger partial charge in [-0.05, 0) is 47.5 Å². The van der Waals surface area contributed by atoms with Gasteiger partial charge in [-0.25, -0.2) is 22.6 Å². The molecule has 0 aliphatic heterocycles. The number of aromatic carboxylic acids is 1. The standard InChI is InChI=1S/C20H14FNO4S/c21-16-9-5-14(6-10-16)3-4-15-7-11-17(12-8-15)27(25,26)19-18(20(23)24)2-1-13-22-19/h1-13H,(H,23,24)/b4-3+. The Morgan fingerprint density at radius 1 is 0.926 bits per heavy atom. The molecular weight excluding hydrogens is 369 g/mol. The van der Waals surface area contributed by atoms with E-state index < -0.39 is 20.8 Å². The topological polar surface area (TPSA) is 84.3 Å². The number of sulfone groups is 1. The molecule has 3 rings (SSSR count). The summed E-state index contributed by atoms with van der Waals surface area (Å²) in [6.45, 7) is 0. The maximum absolute atomic E-state index is 12.9. The molecule has 0 saturated heterocycles. The molecule has 0 bridgehead atoms. The lowest BCUT2D eigenvalue weighted by Gasteiger charge is -2.07. The summed E-state index contributed by atoms with van der Waals surface area (Å²) in [5.74, 6) is -1.68. The van der Waals surface area contributed by atoms with Crippen LogP contribution in [0, 0.1) is 5.82 Å². The summed E-state index contributed by atoms with van der Waals surface area (Å²) >= 11 is 0. The highest BCUT2D eigenvalue weighted by Gasteiger charge is 2.25. The summed E-state index contributed by atoms with van der Waals surface area (Å²) in [5.41, 5.74) is 1.16. The average Bonchev–Trinajstić information content (AvgIpc) is 2.68. The Bertz CT molecular complexity index is 1110. The number of rotatable bonds is 5. The van der Waals surface area contributed by atoms with Gasteiger partial charge in [-0.3, -0.25) is 0 Å². The van der Waals surface area contributed by atoms with Crippen molar-refractivity contribution in [2.75, 3.05) is 0 Å². The Kier molecular flexibility index (Phi) is 5.14. The Hall–Kier alpha value is -3.32. The van der Waals surface area contributed by atoms with Gasteiger partial charge in [0.15, 0.2) is 5.03 Å². The molecule has 136 valence electrons. The van der Waals surface area contributed by atoms with Gasteiger partial charge in [0.1, 0.15) is 5.82 Å². The number of carboxylic acids is 1.